The van der Waals surface area contributed by atoms with Crippen molar-refractivity contribution < 1.29 is 5.11 Å². The summed E-state index contributed by atoms with van der Waals surface area (Å²) in [5.74, 6) is 3.05. The molecule has 1 aromatic heterocycles. The van der Waals surface area contributed by atoms with Crippen LogP contribution >= 0.6 is 0 Å². The monoisotopic (exact) mass is 266 g/mol. The summed E-state index contributed by atoms with van der Waals surface area (Å²) in [6.07, 6.45) is 3.81. The zero-order valence-corrected chi connectivity index (χ0v) is 12.2. The van der Waals surface area contributed by atoms with Gasteiger partial charge in [0.1, 0.15) is 17.5 Å². The molecule has 5 nitrogen and oxygen atoms in total. The molecule has 1 rings (SSSR count). The molecule has 0 aliphatic heterocycles. The smallest absolute Gasteiger partial charge is 0.133 e. The number of hydrogen-bond donors (Lipinski definition) is 3. The molecular formula is C14H26N4O. The Hall–Kier alpha value is -1.36. The summed E-state index contributed by atoms with van der Waals surface area (Å²) >= 11 is 0. The molecule has 0 bridgehead atoms. The molecule has 5 heteroatoms. The van der Waals surface area contributed by atoms with E-state index in [1.807, 2.05) is 13.1 Å². The molecule has 1 atom stereocenters. The fourth-order valence-electron chi connectivity index (χ4n) is 1.93. The Morgan fingerprint density at radius 1 is 1.26 bits per heavy atom. The zero-order valence-electron chi connectivity index (χ0n) is 12.2. The van der Waals surface area contributed by atoms with Gasteiger partial charge >= 0.3 is 0 Å². The van der Waals surface area contributed by atoms with Gasteiger partial charge in [0, 0.05) is 32.7 Å². The SMILES string of the molecule is CCCc1nc(NC)cc(NCC(CC)CCO)n1. The average Bonchev–Trinajstić information content (AvgIpc) is 2.43. The van der Waals surface area contributed by atoms with E-state index in [1.165, 1.54) is 0 Å². The molecule has 0 fully saturated rings. The average molecular weight is 266 g/mol. The molecule has 3 N–H and O–H groups in total. The van der Waals surface area contributed by atoms with Crippen LogP contribution in [0.1, 0.15) is 38.9 Å². The van der Waals surface area contributed by atoms with Gasteiger partial charge in [-0.05, 0) is 18.8 Å². The number of nitrogens with zero attached hydrogens (tertiary/aromatic N) is 2. The van der Waals surface area contributed by atoms with E-state index < -0.39 is 0 Å². The molecule has 0 radical (unpaired) electrons. The van der Waals surface area contributed by atoms with Crippen molar-refractivity contribution in [3.63, 3.8) is 0 Å². The molecule has 0 aromatic carbocycles. The minimum absolute atomic E-state index is 0.243. The molecule has 0 saturated heterocycles. The Morgan fingerprint density at radius 2 is 2.00 bits per heavy atom. The maximum Gasteiger partial charge on any atom is 0.133 e. The summed E-state index contributed by atoms with van der Waals surface area (Å²) < 4.78 is 0. The van der Waals surface area contributed by atoms with Crippen molar-refractivity contribution >= 4 is 11.6 Å². The maximum atomic E-state index is 9.00. The molecule has 1 unspecified atom stereocenters. The van der Waals surface area contributed by atoms with Crippen LogP contribution in [0.25, 0.3) is 0 Å². The number of nitrogens with one attached hydrogen (secondary N) is 2. The lowest BCUT2D eigenvalue weighted by Crippen LogP contribution is -2.16. The van der Waals surface area contributed by atoms with Crippen LogP contribution < -0.4 is 10.6 Å². The second-order valence-electron chi connectivity index (χ2n) is 4.72. The molecule has 0 spiro atoms. The fraction of sp³-hybridized carbons (Fsp3) is 0.714. The van der Waals surface area contributed by atoms with E-state index in [-0.39, 0.29) is 6.61 Å². The molecule has 1 heterocycles. The van der Waals surface area contributed by atoms with Crippen molar-refractivity contribution in [1.82, 2.24) is 9.97 Å². The first-order valence-corrected chi connectivity index (χ1v) is 7.13. The third-order valence-electron chi connectivity index (χ3n) is 3.19. The van der Waals surface area contributed by atoms with Crippen molar-refractivity contribution in [1.29, 1.82) is 0 Å². The second-order valence-corrected chi connectivity index (χ2v) is 4.72. The van der Waals surface area contributed by atoms with Crippen molar-refractivity contribution in [2.75, 3.05) is 30.8 Å². The van der Waals surface area contributed by atoms with Gasteiger partial charge in [0.05, 0.1) is 0 Å². The lowest BCUT2D eigenvalue weighted by Gasteiger charge is -2.15. The number of aliphatic hydroxyl groups is 1. The third-order valence-corrected chi connectivity index (χ3v) is 3.19. The van der Waals surface area contributed by atoms with Crippen LogP contribution in [0.3, 0.4) is 0 Å². The lowest BCUT2D eigenvalue weighted by molar-refractivity contribution is 0.258. The van der Waals surface area contributed by atoms with Gasteiger partial charge < -0.3 is 15.7 Å². The predicted octanol–water partition coefficient (Wildman–Crippen LogP) is 2.29. The first-order chi connectivity index (χ1) is 9.23. The quantitative estimate of drug-likeness (QED) is 0.640. The van der Waals surface area contributed by atoms with Gasteiger partial charge in [-0.2, -0.15) is 0 Å². The molecule has 0 aliphatic carbocycles. The number of rotatable bonds is 9. The van der Waals surface area contributed by atoms with Crippen molar-refractivity contribution in [3.05, 3.63) is 11.9 Å². The van der Waals surface area contributed by atoms with E-state index in [0.717, 1.165) is 49.7 Å². The van der Waals surface area contributed by atoms with E-state index in [1.54, 1.807) is 0 Å². The van der Waals surface area contributed by atoms with Gasteiger partial charge in [0.25, 0.3) is 0 Å². The number of aromatic nitrogens is 2. The van der Waals surface area contributed by atoms with Gasteiger partial charge in [-0.15, -0.1) is 0 Å². The zero-order chi connectivity index (χ0) is 14.1. The number of aryl methyl sites for hydroxylation is 1. The number of aliphatic hydroxyl groups excluding tert-OH is 1. The minimum atomic E-state index is 0.243. The number of anilines is 2. The summed E-state index contributed by atoms with van der Waals surface area (Å²) in [5.41, 5.74) is 0. The van der Waals surface area contributed by atoms with E-state index in [9.17, 15) is 0 Å². The van der Waals surface area contributed by atoms with Gasteiger partial charge in [-0.1, -0.05) is 20.3 Å². The Morgan fingerprint density at radius 3 is 2.58 bits per heavy atom. The summed E-state index contributed by atoms with van der Waals surface area (Å²) in [7, 11) is 1.86. The van der Waals surface area contributed by atoms with Crippen LogP contribution in [0.15, 0.2) is 6.07 Å². The van der Waals surface area contributed by atoms with E-state index in [0.29, 0.717) is 5.92 Å². The van der Waals surface area contributed by atoms with Crippen LogP contribution in [0, 0.1) is 5.92 Å². The first-order valence-electron chi connectivity index (χ1n) is 7.13. The normalized spacial score (nSPS) is 12.2. The second kappa shape index (κ2) is 8.69. The van der Waals surface area contributed by atoms with E-state index >= 15 is 0 Å². The third kappa shape index (κ3) is 5.42. The van der Waals surface area contributed by atoms with Crippen molar-refractivity contribution in [3.8, 4) is 0 Å². The fourth-order valence-corrected chi connectivity index (χ4v) is 1.93. The number of hydrogen-bond acceptors (Lipinski definition) is 5. The summed E-state index contributed by atoms with van der Waals surface area (Å²) in [5, 5.41) is 15.4. The summed E-state index contributed by atoms with van der Waals surface area (Å²) in [6.45, 7) is 5.34. The Kier molecular flexibility index (Phi) is 7.18. The lowest BCUT2D eigenvalue weighted by atomic mass is 10.0. The van der Waals surface area contributed by atoms with Crippen LogP contribution in [-0.2, 0) is 6.42 Å². The topological polar surface area (TPSA) is 70.1 Å². The highest BCUT2D eigenvalue weighted by Crippen LogP contribution is 2.14. The van der Waals surface area contributed by atoms with Crippen LogP contribution in [0.5, 0.6) is 0 Å². The first kappa shape index (κ1) is 15.7. The molecule has 19 heavy (non-hydrogen) atoms. The molecule has 0 amide bonds. The molecular weight excluding hydrogens is 240 g/mol. The van der Waals surface area contributed by atoms with Crippen LogP contribution in [-0.4, -0.2) is 35.3 Å². The van der Waals surface area contributed by atoms with Crippen LogP contribution in [0.4, 0.5) is 11.6 Å². The van der Waals surface area contributed by atoms with Gasteiger partial charge in [-0.3, -0.25) is 0 Å². The van der Waals surface area contributed by atoms with Crippen molar-refractivity contribution in [2.24, 2.45) is 5.92 Å². The standard InChI is InChI=1S/C14H26N4O/c1-4-6-12-17-13(15-3)9-14(18-12)16-10-11(5-2)7-8-19/h9,11,19H,4-8,10H2,1-3H3,(H2,15,16,17,18). The van der Waals surface area contributed by atoms with Gasteiger partial charge in [-0.25, -0.2) is 9.97 Å². The molecule has 1 aromatic rings. The Labute approximate surface area is 115 Å². The molecule has 108 valence electrons. The largest absolute Gasteiger partial charge is 0.396 e. The Balaban J connectivity index is 2.67. The van der Waals surface area contributed by atoms with Crippen molar-refractivity contribution in [2.45, 2.75) is 39.5 Å². The highest BCUT2D eigenvalue weighted by molar-refractivity contribution is 5.47. The molecule has 0 aliphatic rings. The van der Waals surface area contributed by atoms with E-state index in [2.05, 4.69) is 34.4 Å². The summed E-state index contributed by atoms with van der Waals surface area (Å²) in [6, 6.07) is 1.92. The molecule has 0 saturated carbocycles. The minimum Gasteiger partial charge on any atom is -0.396 e. The summed E-state index contributed by atoms with van der Waals surface area (Å²) in [4.78, 5) is 8.94. The van der Waals surface area contributed by atoms with Gasteiger partial charge in [0.2, 0.25) is 0 Å². The van der Waals surface area contributed by atoms with Gasteiger partial charge in [0.15, 0.2) is 0 Å². The predicted molar refractivity (Wildman–Crippen MR) is 79.5 cm³/mol. The highest BCUT2D eigenvalue weighted by Gasteiger charge is 2.07. The van der Waals surface area contributed by atoms with E-state index in [4.69, 9.17) is 5.11 Å². The highest BCUT2D eigenvalue weighted by atomic mass is 16.3. The Bertz CT molecular complexity index is 370. The maximum absolute atomic E-state index is 9.00. The van der Waals surface area contributed by atoms with Crippen LogP contribution in [0.2, 0.25) is 0 Å².